The maximum atomic E-state index is 5.95. The van der Waals surface area contributed by atoms with Crippen molar-refractivity contribution < 1.29 is 0 Å². The third-order valence-corrected chi connectivity index (χ3v) is 3.85. The van der Waals surface area contributed by atoms with Crippen molar-refractivity contribution in [2.24, 2.45) is 0 Å². The molecule has 0 atom stereocenters. The Balaban J connectivity index is 2.10. The monoisotopic (exact) mass is 309 g/mol. The summed E-state index contributed by atoms with van der Waals surface area (Å²) in [6, 6.07) is 14.1. The highest BCUT2D eigenvalue weighted by Gasteiger charge is 2.01. The maximum Gasteiger partial charge on any atom is 0.0490 e. The Labute approximate surface area is 115 Å². The molecule has 0 fully saturated rings. The van der Waals surface area contributed by atoms with Gasteiger partial charge >= 0.3 is 0 Å². The molecule has 88 valence electrons. The largest absolute Gasteiger partial charge is 0.380 e. The van der Waals surface area contributed by atoms with Crippen LogP contribution in [0.15, 0.2) is 46.9 Å². The normalized spacial score (nSPS) is 10.3. The summed E-state index contributed by atoms with van der Waals surface area (Å²) in [6.07, 6.45) is 0. The Hall–Kier alpha value is -0.990. The lowest BCUT2D eigenvalue weighted by Gasteiger charge is -2.10. The summed E-state index contributed by atoms with van der Waals surface area (Å²) in [5, 5.41) is 4.16. The van der Waals surface area contributed by atoms with E-state index in [2.05, 4.69) is 46.4 Å². The van der Waals surface area contributed by atoms with Gasteiger partial charge in [-0.2, -0.15) is 0 Å². The van der Waals surface area contributed by atoms with E-state index >= 15 is 0 Å². The van der Waals surface area contributed by atoms with E-state index in [9.17, 15) is 0 Å². The molecule has 0 saturated heterocycles. The lowest BCUT2D eigenvalue weighted by Crippen LogP contribution is -2.00. The van der Waals surface area contributed by atoms with Crippen LogP contribution >= 0.6 is 27.5 Å². The summed E-state index contributed by atoms with van der Waals surface area (Å²) in [5.41, 5.74) is 3.50. The van der Waals surface area contributed by atoms with Gasteiger partial charge in [0.15, 0.2) is 0 Å². The first-order valence-electron chi connectivity index (χ1n) is 5.40. The molecule has 0 amide bonds. The minimum atomic E-state index is 0.766. The second-order valence-corrected chi connectivity index (χ2v) is 5.15. The van der Waals surface area contributed by atoms with Gasteiger partial charge in [0.25, 0.3) is 0 Å². The highest BCUT2D eigenvalue weighted by molar-refractivity contribution is 9.10. The highest BCUT2D eigenvalue weighted by Crippen LogP contribution is 2.26. The van der Waals surface area contributed by atoms with Gasteiger partial charge in [0.1, 0.15) is 0 Å². The molecule has 0 aliphatic carbocycles. The van der Waals surface area contributed by atoms with Crippen LogP contribution < -0.4 is 5.32 Å². The zero-order valence-electron chi connectivity index (χ0n) is 9.50. The van der Waals surface area contributed by atoms with Gasteiger partial charge in [-0.15, -0.1) is 0 Å². The SMILES string of the molecule is Cc1cccc(NCc2cccc(Cl)c2)c1Br. The summed E-state index contributed by atoms with van der Waals surface area (Å²) in [7, 11) is 0. The molecule has 1 nitrogen and oxygen atoms in total. The van der Waals surface area contributed by atoms with Crippen molar-refractivity contribution in [1.29, 1.82) is 0 Å². The Morgan fingerprint density at radius 3 is 2.71 bits per heavy atom. The van der Waals surface area contributed by atoms with Crippen molar-refractivity contribution in [3.05, 3.63) is 63.1 Å². The van der Waals surface area contributed by atoms with E-state index in [1.807, 2.05) is 24.3 Å². The quantitative estimate of drug-likeness (QED) is 0.839. The van der Waals surface area contributed by atoms with Crippen LogP contribution in [0.2, 0.25) is 5.02 Å². The molecule has 0 heterocycles. The molecule has 0 radical (unpaired) electrons. The summed E-state index contributed by atoms with van der Waals surface area (Å²) in [4.78, 5) is 0. The number of hydrogen-bond acceptors (Lipinski definition) is 1. The second-order valence-electron chi connectivity index (χ2n) is 3.92. The fourth-order valence-corrected chi connectivity index (χ4v) is 2.25. The topological polar surface area (TPSA) is 12.0 Å². The molecule has 2 rings (SSSR count). The fourth-order valence-electron chi connectivity index (χ4n) is 1.63. The maximum absolute atomic E-state index is 5.95. The van der Waals surface area contributed by atoms with E-state index < -0.39 is 0 Å². The van der Waals surface area contributed by atoms with Crippen LogP contribution in [-0.2, 0) is 6.54 Å². The molecule has 0 aliphatic rings. The van der Waals surface area contributed by atoms with Gasteiger partial charge < -0.3 is 5.32 Å². The average molecular weight is 311 g/mol. The van der Waals surface area contributed by atoms with Crippen molar-refractivity contribution >= 4 is 33.2 Å². The Morgan fingerprint density at radius 2 is 1.94 bits per heavy atom. The molecule has 2 aromatic carbocycles. The van der Waals surface area contributed by atoms with Gasteiger partial charge in [0.2, 0.25) is 0 Å². The number of halogens is 2. The lowest BCUT2D eigenvalue weighted by molar-refractivity contribution is 1.14. The molecular formula is C14H13BrClN. The summed E-state index contributed by atoms with van der Waals surface area (Å²) in [6.45, 7) is 2.84. The zero-order valence-corrected chi connectivity index (χ0v) is 11.8. The molecule has 3 heteroatoms. The predicted molar refractivity (Wildman–Crippen MR) is 77.7 cm³/mol. The fraction of sp³-hybridized carbons (Fsp3) is 0.143. The summed E-state index contributed by atoms with van der Waals surface area (Å²) >= 11 is 9.53. The molecule has 2 aromatic rings. The minimum absolute atomic E-state index is 0.766. The predicted octanol–water partition coefficient (Wildman–Crippen LogP) is 5.02. The first-order valence-corrected chi connectivity index (χ1v) is 6.57. The van der Waals surface area contributed by atoms with Crippen molar-refractivity contribution in [2.45, 2.75) is 13.5 Å². The Morgan fingerprint density at radius 1 is 1.18 bits per heavy atom. The Bertz CT molecular complexity index is 525. The lowest BCUT2D eigenvalue weighted by atomic mass is 10.2. The van der Waals surface area contributed by atoms with Gasteiger partial charge in [0, 0.05) is 21.7 Å². The number of aryl methyl sites for hydroxylation is 1. The number of nitrogens with one attached hydrogen (secondary N) is 1. The van der Waals surface area contributed by atoms with E-state index in [0.29, 0.717) is 0 Å². The van der Waals surface area contributed by atoms with E-state index in [4.69, 9.17) is 11.6 Å². The average Bonchev–Trinajstić information content (AvgIpc) is 2.31. The molecule has 0 bridgehead atoms. The molecule has 17 heavy (non-hydrogen) atoms. The van der Waals surface area contributed by atoms with Crippen molar-refractivity contribution in [1.82, 2.24) is 0 Å². The molecule has 0 aliphatic heterocycles. The van der Waals surface area contributed by atoms with E-state index in [1.54, 1.807) is 0 Å². The molecule has 0 unspecified atom stereocenters. The molecule has 0 spiro atoms. The van der Waals surface area contributed by atoms with Crippen molar-refractivity contribution in [2.75, 3.05) is 5.32 Å². The van der Waals surface area contributed by atoms with Crippen LogP contribution in [-0.4, -0.2) is 0 Å². The molecule has 1 N–H and O–H groups in total. The molecule has 0 saturated carbocycles. The second kappa shape index (κ2) is 5.56. The van der Waals surface area contributed by atoms with Crippen LogP contribution in [0.25, 0.3) is 0 Å². The van der Waals surface area contributed by atoms with Crippen LogP contribution in [0.3, 0.4) is 0 Å². The van der Waals surface area contributed by atoms with E-state index in [-0.39, 0.29) is 0 Å². The smallest absolute Gasteiger partial charge is 0.0490 e. The zero-order chi connectivity index (χ0) is 12.3. The van der Waals surface area contributed by atoms with Gasteiger partial charge in [-0.3, -0.25) is 0 Å². The highest BCUT2D eigenvalue weighted by atomic mass is 79.9. The van der Waals surface area contributed by atoms with Crippen LogP contribution in [0, 0.1) is 6.92 Å². The van der Waals surface area contributed by atoms with Gasteiger partial charge in [0.05, 0.1) is 0 Å². The standard InChI is InChI=1S/C14H13BrClN/c1-10-4-2-7-13(14(10)15)17-9-11-5-3-6-12(16)8-11/h2-8,17H,9H2,1H3. The van der Waals surface area contributed by atoms with E-state index in [1.165, 1.54) is 11.1 Å². The van der Waals surface area contributed by atoms with Crippen LogP contribution in [0.5, 0.6) is 0 Å². The minimum Gasteiger partial charge on any atom is -0.380 e. The van der Waals surface area contributed by atoms with Gasteiger partial charge in [-0.05, 0) is 52.2 Å². The molecule has 0 aromatic heterocycles. The number of hydrogen-bond donors (Lipinski definition) is 1. The third-order valence-electron chi connectivity index (χ3n) is 2.56. The van der Waals surface area contributed by atoms with Crippen LogP contribution in [0.1, 0.15) is 11.1 Å². The van der Waals surface area contributed by atoms with Crippen molar-refractivity contribution in [3.63, 3.8) is 0 Å². The third kappa shape index (κ3) is 3.24. The molecular weight excluding hydrogens is 298 g/mol. The van der Waals surface area contributed by atoms with Gasteiger partial charge in [-0.1, -0.05) is 35.9 Å². The first-order chi connectivity index (χ1) is 8.16. The number of benzene rings is 2. The first kappa shape index (κ1) is 12.5. The van der Waals surface area contributed by atoms with Crippen molar-refractivity contribution in [3.8, 4) is 0 Å². The van der Waals surface area contributed by atoms with Crippen LogP contribution in [0.4, 0.5) is 5.69 Å². The number of anilines is 1. The van der Waals surface area contributed by atoms with E-state index in [0.717, 1.165) is 21.7 Å². The number of rotatable bonds is 3. The van der Waals surface area contributed by atoms with Gasteiger partial charge in [-0.25, -0.2) is 0 Å². The Kier molecular flexibility index (Phi) is 4.08. The summed E-state index contributed by atoms with van der Waals surface area (Å²) < 4.78 is 1.11. The summed E-state index contributed by atoms with van der Waals surface area (Å²) in [5.74, 6) is 0.